The van der Waals surface area contributed by atoms with Crippen LogP contribution in [0.5, 0.6) is 0 Å². The number of aliphatic carboxylic acids is 2. The average molecular weight is 267 g/mol. The molecule has 0 aromatic rings. The second kappa shape index (κ2) is 10.6. The maximum atomic E-state index is 11.1. The molecule has 0 aromatic heterocycles. The van der Waals surface area contributed by atoms with Crippen LogP contribution in [0.15, 0.2) is 0 Å². The zero-order chi connectivity index (χ0) is 13.3. The van der Waals surface area contributed by atoms with Crippen LogP contribution in [0.1, 0.15) is 65.2 Å². The third-order valence-electron chi connectivity index (χ3n) is 3.20. The minimum absolute atomic E-state index is 0. The first-order chi connectivity index (χ1) is 8.01. The Hall–Kier alpha value is -0.294. The van der Waals surface area contributed by atoms with Gasteiger partial charge in [0.15, 0.2) is 0 Å². The van der Waals surface area contributed by atoms with Crippen LogP contribution in [0.4, 0.5) is 0 Å². The zero-order valence-corrected chi connectivity index (χ0v) is 12.9. The summed E-state index contributed by atoms with van der Waals surface area (Å²) in [4.78, 5) is 22.2. The van der Waals surface area contributed by atoms with E-state index in [0.29, 0.717) is 12.8 Å². The molecule has 0 saturated carbocycles. The van der Waals surface area contributed by atoms with Crippen LogP contribution in [0.3, 0.4) is 0 Å². The van der Waals surface area contributed by atoms with Crippen molar-refractivity contribution in [1.29, 1.82) is 0 Å². The monoisotopic (exact) mass is 266 g/mol. The number of carbonyl (C=O) groups is 2. The first-order valence-corrected chi connectivity index (χ1v) is 6.44. The Balaban J connectivity index is 0. The summed E-state index contributed by atoms with van der Waals surface area (Å²) in [5, 5.41) is 22.2. The topological polar surface area (TPSA) is 80.3 Å². The molecular formula is C13H22MgO4. The summed E-state index contributed by atoms with van der Waals surface area (Å²) in [6.07, 6.45) is 4.92. The molecule has 4 nitrogen and oxygen atoms in total. The fourth-order valence-corrected chi connectivity index (χ4v) is 1.97. The molecule has 0 unspecified atom stereocenters. The van der Waals surface area contributed by atoms with Crippen LogP contribution >= 0.6 is 0 Å². The van der Waals surface area contributed by atoms with Crippen LogP contribution < -0.4 is 10.2 Å². The van der Waals surface area contributed by atoms with Crippen LogP contribution in [0.25, 0.3) is 0 Å². The van der Waals surface area contributed by atoms with E-state index in [2.05, 4.69) is 0 Å². The average Bonchev–Trinajstić information content (AvgIpc) is 2.26. The van der Waals surface area contributed by atoms with Crippen molar-refractivity contribution in [3.63, 3.8) is 0 Å². The van der Waals surface area contributed by atoms with Crippen molar-refractivity contribution in [1.82, 2.24) is 0 Å². The van der Waals surface area contributed by atoms with Gasteiger partial charge in [-0.25, -0.2) is 0 Å². The minimum Gasteiger partial charge on any atom is -0.549 e. The van der Waals surface area contributed by atoms with Crippen molar-refractivity contribution in [3.05, 3.63) is 0 Å². The Kier molecular flexibility index (Phi) is 11.8. The molecule has 0 spiro atoms. The predicted octanol–water partition coefficient (Wildman–Crippen LogP) is 0.252. The molecule has 18 heavy (non-hydrogen) atoms. The summed E-state index contributed by atoms with van der Waals surface area (Å²) >= 11 is 0. The van der Waals surface area contributed by atoms with E-state index in [1.807, 2.05) is 13.8 Å². The van der Waals surface area contributed by atoms with Crippen molar-refractivity contribution in [3.8, 4) is 0 Å². The van der Waals surface area contributed by atoms with E-state index in [9.17, 15) is 19.8 Å². The van der Waals surface area contributed by atoms with Gasteiger partial charge in [-0.1, -0.05) is 52.4 Å². The molecule has 0 heterocycles. The molecule has 0 rings (SSSR count). The normalized spacial score (nSPS) is 10.8. The first-order valence-electron chi connectivity index (χ1n) is 6.44. The summed E-state index contributed by atoms with van der Waals surface area (Å²) in [5.41, 5.74) is -1.79. The first kappa shape index (κ1) is 20.0. The molecule has 0 fully saturated rings. The molecule has 0 aliphatic rings. The van der Waals surface area contributed by atoms with Crippen molar-refractivity contribution in [2.45, 2.75) is 65.2 Å². The smallest absolute Gasteiger partial charge is 0.549 e. The van der Waals surface area contributed by atoms with Crippen LogP contribution in [0, 0.1) is 5.41 Å². The van der Waals surface area contributed by atoms with Crippen molar-refractivity contribution < 1.29 is 19.8 Å². The molecule has 5 heteroatoms. The molecule has 0 radical (unpaired) electrons. The fourth-order valence-electron chi connectivity index (χ4n) is 1.97. The molecule has 0 aliphatic heterocycles. The van der Waals surface area contributed by atoms with E-state index < -0.39 is 17.4 Å². The second-order valence-electron chi connectivity index (χ2n) is 4.57. The SMILES string of the molecule is CCCCCC(CCCCC)(C(=O)[O-])C(=O)[O-].[Mg+2]. The maximum absolute atomic E-state index is 11.1. The molecule has 0 aliphatic carbocycles. The quantitative estimate of drug-likeness (QED) is 0.322. The van der Waals surface area contributed by atoms with Gasteiger partial charge in [-0.2, -0.15) is 0 Å². The maximum Gasteiger partial charge on any atom is 2.00 e. The number of rotatable bonds is 10. The van der Waals surface area contributed by atoms with Gasteiger partial charge in [-0.15, -0.1) is 0 Å². The van der Waals surface area contributed by atoms with Gasteiger partial charge in [0.05, 0.1) is 11.9 Å². The summed E-state index contributed by atoms with van der Waals surface area (Å²) in [6, 6.07) is 0. The van der Waals surface area contributed by atoms with E-state index in [4.69, 9.17) is 0 Å². The van der Waals surface area contributed by atoms with Gasteiger partial charge in [0.1, 0.15) is 0 Å². The van der Waals surface area contributed by atoms with E-state index in [0.717, 1.165) is 25.7 Å². The van der Waals surface area contributed by atoms with Crippen LogP contribution in [0.2, 0.25) is 0 Å². The summed E-state index contributed by atoms with van der Waals surface area (Å²) in [6.45, 7) is 3.97. The number of hydrogen-bond donors (Lipinski definition) is 0. The van der Waals surface area contributed by atoms with Gasteiger partial charge >= 0.3 is 23.1 Å². The van der Waals surface area contributed by atoms with Gasteiger partial charge in [0, 0.05) is 5.41 Å². The number of hydrogen-bond acceptors (Lipinski definition) is 4. The third-order valence-corrected chi connectivity index (χ3v) is 3.20. The molecule has 0 bridgehead atoms. The van der Waals surface area contributed by atoms with E-state index in [-0.39, 0.29) is 35.9 Å². The standard InChI is InChI=1S/C13H24O4.Mg/c1-3-5-7-9-13(11(14)15,12(16)17)10-8-6-4-2;/h3-10H2,1-2H3,(H,14,15)(H,16,17);/q;+2/p-2. The number of carboxylic acid groups (broad SMARTS) is 2. The van der Waals surface area contributed by atoms with Crippen molar-refractivity contribution in [2.75, 3.05) is 0 Å². The Bertz CT molecular complexity index is 227. The van der Waals surface area contributed by atoms with E-state index in [1.54, 1.807) is 0 Å². The Morgan fingerprint density at radius 2 is 1.17 bits per heavy atom. The third kappa shape index (κ3) is 6.04. The largest absolute Gasteiger partial charge is 2.00 e. The van der Waals surface area contributed by atoms with Gasteiger partial charge in [-0.05, 0) is 12.8 Å². The minimum atomic E-state index is -1.79. The Morgan fingerprint density at radius 3 is 1.39 bits per heavy atom. The Morgan fingerprint density at radius 1 is 0.833 bits per heavy atom. The van der Waals surface area contributed by atoms with Crippen molar-refractivity contribution >= 4 is 35.0 Å². The van der Waals surface area contributed by atoms with Crippen LogP contribution in [-0.4, -0.2) is 35.0 Å². The number of carboxylic acids is 2. The van der Waals surface area contributed by atoms with E-state index in [1.165, 1.54) is 0 Å². The predicted molar refractivity (Wildman–Crippen MR) is 66.5 cm³/mol. The summed E-state index contributed by atoms with van der Waals surface area (Å²) < 4.78 is 0. The molecular weight excluding hydrogens is 244 g/mol. The van der Waals surface area contributed by atoms with Crippen molar-refractivity contribution in [2.24, 2.45) is 5.41 Å². The molecule has 0 atom stereocenters. The molecule has 0 aromatic carbocycles. The number of unbranched alkanes of at least 4 members (excludes halogenated alkanes) is 4. The Labute approximate surface area is 125 Å². The summed E-state index contributed by atoms with van der Waals surface area (Å²) in [7, 11) is 0. The van der Waals surface area contributed by atoms with Gasteiger partial charge in [-0.3, -0.25) is 0 Å². The fraction of sp³-hybridized carbons (Fsp3) is 0.846. The van der Waals surface area contributed by atoms with Gasteiger partial charge < -0.3 is 19.8 Å². The zero-order valence-electron chi connectivity index (χ0n) is 11.5. The van der Waals surface area contributed by atoms with Crippen LogP contribution in [-0.2, 0) is 9.59 Å². The second-order valence-corrected chi connectivity index (χ2v) is 4.57. The molecule has 0 saturated heterocycles. The van der Waals surface area contributed by atoms with Gasteiger partial charge in [0.2, 0.25) is 0 Å². The number of carbonyl (C=O) groups excluding carboxylic acids is 2. The van der Waals surface area contributed by atoms with E-state index >= 15 is 0 Å². The molecule has 0 N–H and O–H groups in total. The molecule has 0 amide bonds. The summed E-state index contributed by atoms with van der Waals surface area (Å²) in [5.74, 6) is -2.99. The molecule has 100 valence electrons. The van der Waals surface area contributed by atoms with Gasteiger partial charge in [0.25, 0.3) is 0 Å².